The highest BCUT2D eigenvalue weighted by Crippen LogP contribution is 2.60. The quantitative estimate of drug-likeness (QED) is 0.710. The minimum Gasteiger partial charge on any atom is -0.192 e. The lowest BCUT2D eigenvalue weighted by atomic mass is 9.76. The van der Waals surface area contributed by atoms with Gasteiger partial charge in [0.05, 0.1) is 0 Å². The van der Waals surface area contributed by atoms with Gasteiger partial charge in [0.1, 0.15) is 0 Å². The summed E-state index contributed by atoms with van der Waals surface area (Å²) in [6.45, 7) is 16.5. The lowest BCUT2D eigenvalue weighted by molar-refractivity contribution is 0.318. The van der Waals surface area contributed by atoms with Crippen LogP contribution in [0.3, 0.4) is 0 Å². The molecule has 0 radical (unpaired) electrons. The summed E-state index contributed by atoms with van der Waals surface area (Å²) < 4.78 is 0. The number of rotatable bonds is 2. The molecule has 1 unspecified atom stereocenters. The molecule has 0 aliphatic rings. The van der Waals surface area contributed by atoms with Gasteiger partial charge in [0.15, 0.2) is 5.66 Å². The zero-order chi connectivity index (χ0) is 16.8. The van der Waals surface area contributed by atoms with Gasteiger partial charge in [-0.3, -0.25) is 0 Å². The minimum atomic E-state index is -3.90. The summed E-state index contributed by atoms with van der Waals surface area (Å²) in [7, 11) is -3.90. The van der Waals surface area contributed by atoms with E-state index < -0.39 is 13.6 Å². The number of benzene rings is 1. The molecule has 0 bridgehead atoms. The fraction of sp³-hybridized carbons (Fsp3) is 0.647. The Bertz CT molecular complexity index is 517. The maximum atomic E-state index is 9.67. The normalized spacial score (nSPS) is 15.2. The maximum Gasteiger partial charge on any atom is 0.411 e. The van der Waals surface area contributed by atoms with Crippen LogP contribution in [0.25, 0.3) is 0 Å². The van der Waals surface area contributed by atoms with Crippen LogP contribution in [0.15, 0.2) is 12.1 Å². The van der Waals surface area contributed by atoms with Crippen LogP contribution in [0.4, 0.5) is 0 Å². The Kier molecular flexibility index (Phi) is 4.98. The first-order valence-electron chi connectivity index (χ1n) is 7.38. The smallest absolute Gasteiger partial charge is 0.192 e. The first-order valence-corrected chi connectivity index (χ1v) is 9.10. The molecule has 0 spiro atoms. The van der Waals surface area contributed by atoms with Crippen LogP contribution in [-0.4, -0.2) is 14.7 Å². The Hall–Kier alpha value is -0.470. The van der Waals surface area contributed by atoms with Crippen LogP contribution < -0.4 is 0 Å². The van der Waals surface area contributed by atoms with E-state index >= 15 is 0 Å². The predicted octanol–water partition coefficient (Wildman–Crippen LogP) is 4.39. The first-order chi connectivity index (χ1) is 9.15. The van der Waals surface area contributed by atoms with Gasteiger partial charge in [-0.15, -0.1) is 0 Å². The molecule has 3 nitrogen and oxygen atoms in total. The zero-order valence-corrected chi connectivity index (χ0v) is 15.4. The van der Waals surface area contributed by atoms with Crippen molar-refractivity contribution in [1.82, 2.24) is 0 Å². The molecule has 0 amide bonds. The number of hydrogen-bond donors (Lipinski definition) is 3. The van der Waals surface area contributed by atoms with Crippen molar-refractivity contribution in [3.8, 4) is 0 Å². The summed E-state index contributed by atoms with van der Waals surface area (Å²) in [5.74, 6) is 0. The molecule has 0 fully saturated rings. The minimum absolute atomic E-state index is 0.0235. The average Bonchev–Trinajstić information content (AvgIpc) is 2.22. The standard InChI is InChI=1S/C17H30O3P/c1-11-9-13(12(2)21(18,19)20)15(17(6,7)8)10-14(11)16(3,4)5/h9-10,12,18-20H,1-8H3/q+1. The van der Waals surface area contributed by atoms with Gasteiger partial charge in [0, 0.05) is 5.56 Å². The van der Waals surface area contributed by atoms with E-state index in [0.717, 1.165) is 16.7 Å². The highest BCUT2D eigenvalue weighted by molar-refractivity contribution is 7.58. The molecule has 1 rings (SSSR count). The summed E-state index contributed by atoms with van der Waals surface area (Å²) in [5.41, 5.74) is 3.48. The molecular formula is C17H30O3P+. The summed E-state index contributed by atoms with van der Waals surface area (Å²) in [6.07, 6.45) is 0. The zero-order valence-electron chi connectivity index (χ0n) is 14.5. The fourth-order valence-electron chi connectivity index (χ4n) is 2.72. The monoisotopic (exact) mass is 313 g/mol. The third-order valence-electron chi connectivity index (χ3n) is 3.98. The van der Waals surface area contributed by atoms with Gasteiger partial charge in [0.25, 0.3) is 0 Å². The molecule has 0 heterocycles. The van der Waals surface area contributed by atoms with Crippen LogP contribution in [0, 0.1) is 6.92 Å². The van der Waals surface area contributed by atoms with Gasteiger partial charge < -0.3 is 0 Å². The van der Waals surface area contributed by atoms with Crippen LogP contribution in [0.2, 0.25) is 0 Å². The van der Waals surface area contributed by atoms with Crippen LogP contribution >= 0.6 is 7.94 Å². The Morgan fingerprint density at radius 2 is 1.29 bits per heavy atom. The van der Waals surface area contributed by atoms with E-state index in [9.17, 15) is 14.7 Å². The molecule has 3 N–H and O–H groups in total. The summed E-state index contributed by atoms with van der Waals surface area (Å²) >= 11 is 0. The molecule has 21 heavy (non-hydrogen) atoms. The van der Waals surface area contributed by atoms with E-state index in [1.807, 2.05) is 13.0 Å². The lowest BCUT2D eigenvalue weighted by Crippen LogP contribution is -2.21. The first kappa shape index (κ1) is 18.6. The van der Waals surface area contributed by atoms with Crippen molar-refractivity contribution in [2.45, 2.75) is 71.9 Å². The number of hydrogen-bond acceptors (Lipinski definition) is 3. The summed E-state index contributed by atoms with van der Waals surface area (Å²) in [6, 6.07) is 4.17. The molecule has 0 saturated carbocycles. The van der Waals surface area contributed by atoms with E-state index in [0.29, 0.717) is 0 Å². The van der Waals surface area contributed by atoms with Crippen molar-refractivity contribution in [3.05, 3.63) is 34.4 Å². The average molecular weight is 313 g/mol. The van der Waals surface area contributed by atoms with E-state index in [2.05, 4.69) is 47.6 Å². The largest absolute Gasteiger partial charge is 0.411 e. The molecule has 0 aromatic heterocycles. The van der Waals surface area contributed by atoms with Crippen molar-refractivity contribution in [3.63, 3.8) is 0 Å². The Labute approximate surface area is 129 Å². The van der Waals surface area contributed by atoms with Gasteiger partial charge in [-0.25, -0.2) is 0 Å². The third kappa shape index (κ3) is 4.26. The molecule has 0 saturated heterocycles. The van der Waals surface area contributed by atoms with Crippen molar-refractivity contribution < 1.29 is 14.7 Å². The van der Waals surface area contributed by atoms with Gasteiger partial charge in [-0.2, -0.15) is 14.7 Å². The van der Waals surface area contributed by atoms with Crippen LogP contribution in [-0.2, 0) is 10.8 Å². The van der Waals surface area contributed by atoms with Crippen molar-refractivity contribution >= 4 is 7.94 Å². The van der Waals surface area contributed by atoms with E-state index in [4.69, 9.17) is 0 Å². The SMILES string of the molecule is Cc1cc(C(C)[P+](O)(O)O)c(C(C)(C)C)cc1C(C)(C)C. The van der Waals surface area contributed by atoms with Gasteiger partial charge in [-0.05, 0) is 41.4 Å². The molecule has 4 heteroatoms. The van der Waals surface area contributed by atoms with Gasteiger partial charge >= 0.3 is 7.94 Å². The van der Waals surface area contributed by atoms with Crippen molar-refractivity contribution in [1.29, 1.82) is 0 Å². The van der Waals surface area contributed by atoms with Gasteiger partial charge in [-0.1, -0.05) is 53.7 Å². The second kappa shape index (κ2) is 5.62. The van der Waals surface area contributed by atoms with Crippen molar-refractivity contribution in [2.24, 2.45) is 0 Å². The highest BCUT2D eigenvalue weighted by atomic mass is 31.2. The summed E-state index contributed by atoms with van der Waals surface area (Å²) in [5, 5.41) is 0. The topological polar surface area (TPSA) is 60.7 Å². The van der Waals surface area contributed by atoms with E-state index in [-0.39, 0.29) is 10.8 Å². The fourth-order valence-corrected chi connectivity index (χ4v) is 3.31. The van der Waals surface area contributed by atoms with Crippen LogP contribution in [0.5, 0.6) is 0 Å². The highest BCUT2D eigenvalue weighted by Gasteiger charge is 2.42. The molecule has 0 aliphatic carbocycles. The third-order valence-corrected chi connectivity index (χ3v) is 5.30. The molecule has 0 aliphatic heterocycles. The second-order valence-electron chi connectivity index (χ2n) is 8.05. The lowest BCUT2D eigenvalue weighted by Gasteiger charge is -2.30. The number of aryl methyl sites for hydroxylation is 1. The predicted molar refractivity (Wildman–Crippen MR) is 90.6 cm³/mol. The molecule has 1 atom stereocenters. The summed E-state index contributed by atoms with van der Waals surface area (Å²) in [4.78, 5) is 29.0. The molecule has 1 aromatic carbocycles. The van der Waals surface area contributed by atoms with Gasteiger partial charge in [0.2, 0.25) is 0 Å². The maximum absolute atomic E-state index is 9.67. The van der Waals surface area contributed by atoms with E-state index in [1.165, 1.54) is 5.56 Å². The Morgan fingerprint density at radius 3 is 1.62 bits per heavy atom. The molecule has 1 aromatic rings. The molecule has 120 valence electrons. The van der Waals surface area contributed by atoms with Crippen LogP contribution in [0.1, 0.15) is 76.4 Å². The van der Waals surface area contributed by atoms with E-state index in [1.54, 1.807) is 6.92 Å². The second-order valence-corrected chi connectivity index (χ2v) is 10.0. The van der Waals surface area contributed by atoms with Crippen molar-refractivity contribution in [2.75, 3.05) is 0 Å². The molecular weight excluding hydrogens is 283 g/mol. The Morgan fingerprint density at radius 1 is 0.857 bits per heavy atom. The Balaban J connectivity index is 3.63.